The molecule has 3 nitrogen and oxygen atoms in total. The highest BCUT2D eigenvalue weighted by Gasteiger charge is 2.10. The number of hydrogen-bond acceptors (Lipinski definition) is 3. The highest BCUT2D eigenvalue weighted by atomic mass is 16.5. The quantitative estimate of drug-likeness (QED) is 0.745. The molecule has 0 bridgehead atoms. The minimum absolute atomic E-state index is 0.662. The second-order valence-electron chi connectivity index (χ2n) is 3.39. The number of hydrogen-bond donors (Lipinski definition) is 0. The first-order valence-corrected chi connectivity index (χ1v) is 4.93. The summed E-state index contributed by atoms with van der Waals surface area (Å²) in [5.74, 6) is 1.73. The van der Waals surface area contributed by atoms with E-state index in [1.165, 1.54) is 0 Å². The van der Waals surface area contributed by atoms with Gasteiger partial charge in [-0.05, 0) is 24.6 Å². The van der Waals surface area contributed by atoms with Crippen LogP contribution < -0.4 is 9.47 Å². The lowest BCUT2D eigenvalue weighted by atomic mass is 10.1. The molecule has 0 radical (unpaired) electrons. The Labute approximate surface area is 91.0 Å². The van der Waals surface area contributed by atoms with Crippen LogP contribution in [0.25, 0.3) is 0 Å². The first kappa shape index (κ1) is 11.9. The molecule has 15 heavy (non-hydrogen) atoms. The van der Waals surface area contributed by atoms with Crippen molar-refractivity contribution in [3.05, 3.63) is 23.3 Å². The van der Waals surface area contributed by atoms with Crippen molar-refractivity contribution in [2.75, 3.05) is 27.9 Å². The fourth-order valence-corrected chi connectivity index (χ4v) is 1.57. The number of methoxy groups -OCH3 is 3. The summed E-state index contributed by atoms with van der Waals surface area (Å²) in [7, 11) is 5.03. The van der Waals surface area contributed by atoms with Crippen LogP contribution in [0, 0.1) is 6.92 Å². The van der Waals surface area contributed by atoms with Gasteiger partial charge in [-0.2, -0.15) is 0 Å². The van der Waals surface area contributed by atoms with Crippen LogP contribution in [0.15, 0.2) is 12.1 Å². The maximum Gasteiger partial charge on any atom is 0.126 e. The van der Waals surface area contributed by atoms with Crippen molar-refractivity contribution < 1.29 is 14.2 Å². The highest BCUT2D eigenvalue weighted by Crippen LogP contribution is 2.30. The van der Waals surface area contributed by atoms with Gasteiger partial charge in [0.1, 0.15) is 11.5 Å². The van der Waals surface area contributed by atoms with Gasteiger partial charge in [0, 0.05) is 19.1 Å². The molecule has 0 aromatic heterocycles. The van der Waals surface area contributed by atoms with Gasteiger partial charge in [0.15, 0.2) is 0 Å². The zero-order chi connectivity index (χ0) is 11.3. The van der Waals surface area contributed by atoms with Crippen LogP contribution in [0.3, 0.4) is 0 Å². The third-order valence-electron chi connectivity index (χ3n) is 2.31. The van der Waals surface area contributed by atoms with Crippen LogP contribution in [-0.4, -0.2) is 27.9 Å². The normalized spacial score (nSPS) is 10.1. The van der Waals surface area contributed by atoms with Crippen molar-refractivity contribution in [1.29, 1.82) is 0 Å². The van der Waals surface area contributed by atoms with Gasteiger partial charge in [-0.25, -0.2) is 0 Å². The summed E-state index contributed by atoms with van der Waals surface area (Å²) in [4.78, 5) is 0. The van der Waals surface area contributed by atoms with Crippen molar-refractivity contribution in [2.24, 2.45) is 0 Å². The van der Waals surface area contributed by atoms with Gasteiger partial charge < -0.3 is 14.2 Å². The van der Waals surface area contributed by atoms with Crippen molar-refractivity contribution in [3.63, 3.8) is 0 Å². The summed E-state index contributed by atoms with van der Waals surface area (Å²) < 4.78 is 15.7. The van der Waals surface area contributed by atoms with E-state index < -0.39 is 0 Å². The van der Waals surface area contributed by atoms with E-state index in [1.807, 2.05) is 19.1 Å². The largest absolute Gasteiger partial charge is 0.496 e. The smallest absolute Gasteiger partial charge is 0.126 e. The van der Waals surface area contributed by atoms with Gasteiger partial charge in [-0.15, -0.1) is 0 Å². The predicted octanol–water partition coefficient (Wildman–Crippen LogP) is 2.20. The lowest BCUT2D eigenvalue weighted by Crippen LogP contribution is -2.01. The van der Waals surface area contributed by atoms with Gasteiger partial charge in [-0.1, -0.05) is 0 Å². The molecule has 1 aromatic rings. The highest BCUT2D eigenvalue weighted by molar-refractivity contribution is 5.47. The lowest BCUT2D eigenvalue weighted by molar-refractivity contribution is 0.200. The zero-order valence-electron chi connectivity index (χ0n) is 9.79. The Morgan fingerprint density at radius 2 is 1.53 bits per heavy atom. The average molecular weight is 210 g/mol. The van der Waals surface area contributed by atoms with E-state index in [0.29, 0.717) is 6.61 Å². The van der Waals surface area contributed by atoms with E-state index >= 15 is 0 Å². The summed E-state index contributed by atoms with van der Waals surface area (Å²) >= 11 is 0. The minimum Gasteiger partial charge on any atom is -0.496 e. The molecular weight excluding hydrogens is 192 g/mol. The van der Waals surface area contributed by atoms with E-state index in [4.69, 9.17) is 14.2 Å². The molecule has 0 amide bonds. The summed E-state index contributed by atoms with van der Waals surface area (Å²) in [5, 5.41) is 0. The van der Waals surface area contributed by atoms with Crippen LogP contribution in [0.1, 0.15) is 11.1 Å². The van der Waals surface area contributed by atoms with Crippen molar-refractivity contribution in [3.8, 4) is 11.5 Å². The number of aryl methyl sites for hydroxylation is 1. The van der Waals surface area contributed by atoms with Crippen LogP contribution in [0.2, 0.25) is 0 Å². The Morgan fingerprint density at radius 3 is 1.93 bits per heavy atom. The van der Waals surface area contributed by atoms with Gasteiger partial charge in [0.2, 0.25) is 0 Å². The molecule has 1 rings (SSSR count). The zero-order valence-corrected chi connectivity index (χ0v) is 9.79. The summed E-state index contributed by atoms with van der Waals surface area (Å²) in [6.07, 6.45) is 0.795. The maximum absolute atomic E-state index is 5.33. The molecule has 0 aliphatic heterocycles. The fourth-order valence-electron chi connectivity index (χ4n) is 1.57. The van der Waals surface area contributed by atoms with E-state index in [9.17, 15) is 0 Å². The average Bonchev–Trinajstić information content (AvgIpc) is 2.26. The van der Waals surface area contributed by atoms with Gasteiger partial charge >= 0.3 is 0 Å². The van der Waals surface area contributed by atoms with E-state index in [-0.39, 0.29) is 0 Å². The third-order valence-corrected chi connectivity index (χ3v) is 2.31. The topological polar surface area (TPSA) is 27.7 Å². The fraction of sp³-hybridized carbons (Fsp3) is 0.500. The second kappa shape index (κ2) is 5.61. The molecule has 0 N–H and O–H groups in total. The Balaban J connectivity index is 3.06. The molecule has 84 valence electrons. The van der Waals surface area contributed by atoms with Crippen molar-refractivity contribution in [1.82, 2.24) is 0 Å². The standard InChI is InChI=1S/C12H18O3/c1-9-7-11(14-3)10(5-6-13-2)12(8-9)15-4/h7-8H,5-6H2,1-4H3. The molecule has 0 fully saturated rings. The summed E-state index contributed by atoms with van der Waals surface area (Å²) in [6.45, 7) is 2.68. The molecule has 3 heteroatoms. The lowest BCUT2D eigenvalue weighted by Gasteiger charge is -2.13. The second-order valence-corrected chi connectivity index (χ2v) is 3.39. The molecule has 0 unspecified atom stereocenters. The van der Waals surface area contributed by atoms with Crippen molar-refractivity contribution in [2.45, 2.75) is 13.3 Å². The first-order valence-electron chi connectivity index (χ1n) is 4.93. The molecule has 0 saturated carbocycles. The number of rotatable bonds is 5. The Kier molecular flexibility index (Phi) is 4.43. The molecule has 0 heterocycles. The van der Waals surface area contributed by atoms with E-state index in [1.54, 1.807) is 21.3 Å². The van der Waals surface area contributed by atoms with Gasteiger partial charge in [0.05, 0.1) is 20.8 Å². The van der Waals surface area contributed by atoms with Crippen LogP contribution in [0.4, 0.5) is 0 Å². The van der Waals surface area contributed by atoms with Crippen LogP contribution >= 0.6 is 0 Å². The minimum atomic E-state index is 0.662. The van der Waals surface area contributed by atoms with Gasteiger partial charge in [0.25, 0.3) is 0 Å². The summed E-state index contributed by atoms with van der Waals surface area (Å²) in [5.41, 5.74) is 2.19. The molecule has 0 aliphatic rings. The number of ether oxygens (including phenoxy) is 3. The molecule has 0 atom stereocenters. The molecular formula is C12H18O3. The Hall–Kier alpha value is -1.22. The molecule has 1 aromatic carbocycles. The van der Waals surface area contributed by atoms with Crippen molar-refractivity contribution >= 4 is 0 Å². The third kappa shape index (κ3) is 2.86. The van der Waals surface area contributed by atoms with E-state index in [2.05, 4.69) is 0 Å². The molecule has 0 spiro atoms. The summed E-state index contributed by atoms with van der Waals surface area (Å²) in [6, 6.07) is 4.01. The first-order chi connectivity index (χ1) is 7.22. The Morgan fingerprint density at radius 1 is 1.00 bits per heavy atom. The predicted molar refractivity (Wildman–Crippen MR) is 59.9 cm³/mol. The number of benzene rings is 1. The monoisotopic (exact) mass is 210 g/mol. The van der Waals surface area contributed by atoms with Crippen LogP contribution in [0.5, 0.6) is 11.5 Å². The molecule has 0 saturated heterocycles. The SMILES string of the molecule is COCCc1c(OC)cc(C)cc1OC. The van der Waals surface area contributed by atoms with Gasteiger partial charge in [-0.3, -0.25) is 0 Å². The molecule has 0 aliphatic carbocycles. The maximum atomic E-state index is 5.33. The Bertz CT molecular complexity index is 296. The van der Waals surface area contributed by atoms with E-state index in [0.717, 1.165) is 29.0 Å². The van der Waals surface area contributed by atoms with Crippen LogP contribution in [-0.2, 0) is 11.2 Å².